The average Bonchev–Trinajstić information content (AvgIpc) is 2.77. The third-order valence-electron chi connectivity index (χ3n) is 2.54. The molecule has 0 spiro atoms. The van der Waals surface area contributed by atoms with Gasteiger partial charge in [-0.15, -0.1) is 0 Å². The second-order valence-corrected chi connectivity index (χ2v) is 9.47. The van der Waals surface area contributed by atoms with E-state index in [2.05, 4.69) is 96.9 Å². The number of hydrogen-bond acceptors (Lipinski definition) is 12. The van der Waals surface area contributed by atoms with Crippen molar-refractivity contribution in [3.63, 3.8) is 0 Å². The summed E-state index contributed by atoms with van der Waals surface area (Å²) in [5, 5.41) is 0. The minimum Gasteiger partial charge on any atom is -0.465 e. The van der Waals surface area contributed by atoms with Crippen molar-refractivity contribution in [3.8, 4) is 0 Å². The van der Waals surface area contributed by atoms with Crippen molar-refractivity contribution in [2.24, 2.45) is 0 Å². The van der Waals surface area contributed by atoms with Crippen LogP contribution in [0.2, 0.25) is 4.44 Å². The third kappa shape index (κ3) is 48.7. The molecule has 0 bridgehead atoms. The van der Waals surface area contributed by atoms with Gasteiger partial charge < -0.3 is 14.2 Å². The van der Waals surface area contributed by atoms with E-state index in [9.17, 15) is 14.4 Å². The van der Waals surface area contributed by atoms with E-state index < -0.39 is 0 Å². The van der Waals surface area contributed by atoms with E-state index in [-0.39, 0.29) is 17.9 Å². The van der Waals surface area contributed by atoms with Crippen LogP contribution in [0.15, 0.2) is 0 Å². The fourth-order valence-electron chi connectivity index (χ4n) is 1.15. The van der Waals surface area contributed by atoms with Crippen LogP contribution >= 0.6 is 75.8 Å². The molecule has 0 aliphatic carbocycles. The summed E-state index contributed by atoms with van der Waals surface area (Å²) in [7, 11) is 0. The molecule has 191 valence electrons. The van der Waals surface area contributed by atoms with E-state index in [1.807, 2.05) is 0 Å². The Morgan fingerprint density at radius 1 is 0.594 bits per heavy atom. The van der Waals surface area contributed by atoms with Gasteiger partial charge in [0.05, 0.1) is 19.3 Å². The van der Waals surface area contributed by atoms with Crippen molar-refractivity contribution in [1.82, 2.24) is 0 Å². The SMILES string of the molecule is CCC[CH2][Sn].O=C(CCS)OCCS.O=C(CCS)OCCS.O=C(CCS)OCCS. The average molecular weight is 675 g/mol. The zero-order valence-corrected chi connectivity index (χ0v) is 27.0. The van der Waals surface area contributed by atoms with E-state index in [0.717, 1.165) is 0 Å². The van der Waals surface area contributed by atoms with E-state index in [0.29, 0.717) is 73.6 Å². The molecular formula is C19H39O6S6Sn. The van der Waals surface area contributed by atoms with Crippen LogP contribution in [0.25, 0.3) is 0 Å². The van der Waals surface area contributed by atoms with Crippen LogP contribution in [0, 0.1) is 0 Å². The van der Waals surface area contributed by atoms with Gasteiger partial charge >= 0.3 is 64.6 Å². The molecule has 0 atom stereocenters. The van der Waals surface area contributed by atoms with Gasteiger partial charge in [-0.1, -0.05) is 0 Å². The molecule has 0 heterocycles. The van der Waals surface area contributed by atoms with Gasteiger partial charge in [-0.3, -0.25) is 14.4 Å². The number of rotatable bonds is 14. The van der Waals surface area contributed by atoms with E-state index >= 15 is 0 Å². The topological polar surface area (TPSA) is 78.9 Å². The van der Waals surface area contributed by atoms with Crippen LogP contribution in [-0.2, 0) is 28.6 Å². The molecular weight excluding hydrogens is 635 g/mol. The second kappa shape index (κ2) is 39.5. The predicted molar refractivity (Wildman–Crippen MR) is 155 cm³/mol. The Kier molecular flexibility index (Phi) is 50.0. The van der Waals surface area contributed by atoms with Crippen molar-refractivity contribution in [2.75, 3.05) is 54.3 Å². The Bertz CT molecular complexity index is 354. The van der Waals surface area contributed by atoms with Crippen LogP contribution in [-0.4, -0.2) is 94.8 Å². The Balaban J connectivity index is -0.000000167. The van der Waals surface area contributed by atoms with E-state index in [1.165, 1.54) is 17.3 Å². The first-order valence-corrected chi connectivity index (χ1v) is 15.9. The molecule has 0 aromatic rings. The maximum atomic E-state index is 10.5. The Hall–Kier alpha value is 1.31. The molecule has 0 saturated heterocycles. The molecule has 3 radical (unpaired) electrons. The number of unbranched alkanes of at least 4 members (excludes halogenated alkanes) is 1. The van der Waals surface area contributed by atoms with Gasteiger partial charge in [0.25, 0.3) is 0 Å². The summed E-state index contributed by atoms with van der Waals surface area (Å²) in [5.41, 5.74) is 0. The molecule has 0 aliphatic heterocycles. The summed E-state index contributed by atoms with van der Waals surface area (Å²) in [5.74, 6) is 2.80. The van der Waals surface area contributed by atoms with Gasteiger partial charge in [-0.25, -0.2) is 0 Å². The van der Waals surface area contributed by atoms with Crippen molar-refractivity contribution in [2.45, 2.75) is 43.5 Å². The van der Waals surface area contributed by atoms with Gasteiger partial charge in [0, 0.05) is 34.5 Å². The van der Waals surface area contributed by atoms with Crippen LogP contribution in [0.4, 0.5) is 0 Å². The summed E-state index contributed by atoms with van der Waals surface area (Å²) in [6.07, 6.45) is 3.95. The number of ether oxygens (including phenoxy) is 3. The standard InChI is InChI=1S/3C5H10O2S2.C4H9.Sn/c3*6-5(1-3-8)7-2-4-9;1-3-4-2;/h3*8-9H,1-4H2;1,3-4H2,2H3;. The van der Waals surface area contributed by atoms with Crippen molar-refractivity contribution >= 4 is 116 Å². The van der Waals surface area contributed by atoms with Gasteiger partial charge in [0.1, 0.15) is 19.8 Å². The second-order valence-electron chi connectivity index (χ2n) is 5.36. The molecule has 0 amide bonds. The molecule has 0 rings (SSSR count). The van der Waals surface area contributed by atoms with Gasteiger partial charge in [-0.2, -0.15) is 75.8 Å². The summed E-state index contributed by atoms with van der Waals surface area (Å²) in [6, 6.07) is 0. The number of thiol groups is 6. The normalized spacial score (nSPS) is 9.00. The van der Waals surface area contributed by atoms with Crippen molar-refractivity contribution in [1.29, 1.82) is 0 Å². The Morgan fingerprint density at radius 3 is 1.00 bits per heavy atom. The third-order valence-corrected chi connectivity index (χ3v) is 4.77. The van der Waals surface area contributed by atoms with E-state index in [1.54, 1.807) is 22.5 Å². The molecule has 0 unspecified atom stereocenters. The fraction of sp³-hybridized carbons (Fsp3) is 0.842. The quantitative estimate of drug-likeness (QED) is 0.0731. The predicted octanol–water partition coefficient (Wildman–Crippen LogP) is 3.71. The summed E-state index contributed by atoms with van der Waals surface area (Å²) < 4.78 is 15.4. The molecule has 0 aliphatic rings. The van der Waals surface area contributed by atoms with Gasteiger partial charge in [-0.05, 0) is 0 Å². The fourth-order valence-corrected chi connectivity index (χ4v) is 2.98. The summed E-state index contributed by atoms with van der Waals surface area (Å²) in [6.45, 7) is 3.42. The first-order valence-electron chi connectivity index (χ1n) is 10.1. The van der Waals surface area contributed by atoms with Gasteiger partial charge in [0.2, 0.25) is 0 Å². The van der Waals surface area contributed by atoms with Crippen molar-refractivity contribution < 1.29 is 28.6 Å². The zero-order chi connectivity index (χ0) is 25.5. The molecule has 6 nitrogen and oxygen atoms in total. The van der Waals surface area contributed by atoms with Crippen LogP contribution in [0.5, 0.6) is 0 Å². The van der Waals surface area contributed by atoms with Crippen molar-refractivity contribution in [3.05, 3.63) is 0 Å². The molecule has 13 heteroatoms. The number of carbonyl (C=O) groups is 3. The summed E-state index contributed by atoms with van der Waals surface area (Å²) >= 11 is 24.9. The smallest absolute Gasteiger partial charge is 0.306 e. The first-order chi connectivity index (χ1) is 15.3. The van der Waals surface area contributed by atoms with Crippen LogP contribution in [0.1, 0.15) is 39.0 Å². The molecule has 32 heavy (non-hydrogen) atoms. The zero-order valence-electron chi connectivity index (χ0n) is 18.7. The van der Waals surface area contributed by atoms with Gasteiger partial charge in [0.15, 0.2) is 0 Å². The summed E-state index contributed by atoms with van der Waals surface area (Å²) in [4.78, 5) is 31.5. The molecule has 0 saturated carbocycles. The monoisotopic (exact) mass is 675 g/mol. The Morgan fingerprint density at radius 2 is 0.875 bits per heavy atom. The van der Waals surface area contributed by atoms with E-state index in [4.69, 9.17) is 0 Å². The number of hydrogen-bond donors (Lipinski definition) is 6. The van der Waals surface area contributed by atoms with Crippen LogP contribution in [0.3, 0.4) is 0 Å². The maximum Gasteiger partial charge on any atom is 0.306 e. The number of esters is 3. The minimum atomic E-state index is -0.195. The molecule has 0 aromatic carbocycles. The first kappa shape index (κ1) is 40.5. The maximum absolute atomic E-state index is 10.5. The minimum absolute atomic E-state index is 0.195. The largest absolute Gasteiger partial charge is 0.465 e. The Labute approximate surface area is 240 Å². The molecule has 0 fully saturated rings. The van der Waals surface area contributed by atoms with Crippen LogP contribution < -0.4 is 0 Å². The number of carbonyl (C=O) groups excluding carboxylic acids is 3. The molecule has 0 N–H and O–H groups in total. The molecule has 0 aromatic heterocycles.